The standard InChI is InChI=1S/C28H27NO2.C6H13NO/c1-5-9-20-22-15-18(11-13-27(22)30-25(20)7-3)24(17-29)19-12-14-28-23(16-19)21(10-6-2)26(8-4)31-28;1-7-4-2-3-6(7)5-8/h5-16,24H,3-4,17,29H2,1-2H3;6,8H,2-5H2,1H3/b9-5-,10-6-;. The molecule has 1 aliphatic rings. The number of likely N-dealkylation sites (N-methyl/N-ethyl adjacent to an activating group) is 1. The summed E-state index contributed by atoms with van der Waals surface area (Å²) in [5, 5.41) is 10.8. The van der Waals surface area contributed by atoms with Crippen LogP contribution in [0.5, 0.6) is 0 Å². The highest BCUT2D eigenvalue weighted by atomic mass is 16.3. The van der Waals surface area contributed by atoms with Gasteiger partial charge >= 0.3 is 0 Å². The number of allylic oxidation sites excluding steroid dienone is 2. The maximum absolute atomic E-state index is 8.69. The lowest BCUT2D eigenvalue weighted by atomic mass is 9.89. The van der Waals surface area contributed by atoms with E-state index in [1.807, 2.05) is 38.1 Å². The lowest BCUT2D eigenvalue weighted by molar-refractivity contribution is 0.182. The van der Waals surface area contributed by atoms with Crippen LogP contribution in [0.1, 0.15) is 66.4 Å². The summed E-state index contributed by atoms with van der Waals surface area (Å²) in [4.78, 5) is 2.21. The van der Waals surface area contributed by atoms with Crippen LogP contribution in [-0.4, -0.2) is 42.8 Å². The Morgan fingerprint density at radius 3 is 1.79 bits per heavy atom. The molecule has 5 rings (SSSR count). The van der Waals surface area contributed by atoms with Crippen LogP contribution in [-0.2, 0) is 0 Å². The predicted octanol–water partition coefficient (Wildman–Crippen LogP) is 7.69. The Labute approximate surface area is 231 Å². The number of likely N-dealkylation sites (tertiary alicyclic amines) is 1. The van der Waals surface area contributed by atoms with Crippen LogP contribution in [0.25, 0.3) is 46.2 Å². The van der Waals surface area contributed by atoms with Gasteiger partial charge in [0.2, 0.25) is 0 Å². The molecule has 1 aliphatic heterocycles. The molecule has 3 N–H and O–H groups in total. The molecule has 0 radical (unpaired) electrons. The zero-order chi connectivity index (χ0) is 27.9. The zero-order valence-corrected chi connectivity index (χ0v) is 23.3. The van der Waals surface area contributed by atoms with Crippen LogP contribution in [0.3, 0.4) is 0 Å². The number of fused-ring (bicyclic) bond motifs is 2. The molecule has 0 bridgehead atoms. The first kappa shape index (κ1) is 28.4. The first-order chi connectivity index (χ1) is 19.0. The second-order valence-corrected chi connectivity index (χ2v) is 9.93. The van der Waals surface area contributed by atoms with Gasteiger partial charge in [-0.3, -0.25) is 0 Å². The molecular formula is C34H40N2O3. The van der Waals surface area contributed by atoms with Gasteiger partial charge < -0.3 is 24.6 Å². The first-order valence-corrected chi connectivity index (χ1v) is 13.6. The molecule has 39 heavy (non-hydrogen) atoms. The third kappa shape index (κ3) is 5.86. The van der Waals surface area contributed by atoms with Gasteiger partial charge in [0.15, 0.2) is 0 Å². The van der Waals surface area contributed by atoms with E-state index in [2.05, 4.69) is 61.5 Å². The van der Waals surface area contributed by atoms with Crippen molar-refractivity contribution in [3.8, 4) is 0 Å². The number of furan rings is 2. The van der Waals surface area contributed by atoms with E-state index in [9.17, 15) is 0 Å². The second kappa shape index (κ2) is 12.9. The van der Waals surface area contributed by atoms with Gasteiger partial charge in [-0.05, 0) is 87.8 Å². The van der Waals surface area contributed by atoms with Gasteiger partial charge in [-0.15, -0.1) is 0 Å². The number of nitrogens with zero attached hydrogens (tertiary/aromatic N) is 1. The average Bonchev–Trinajstić information content (AvgIpc) is 3.64. The molecule has 0 spiro atoms. The topological polar surface area (TPSA) is 75.8 Å². The van der Waals surface area contributed by atoms with Crippen LogP contribution in [0.4, 0.5) is 0 Å². The summed E-state index contributed by atoms with van der Waals surface area (Å²) < 4.78 is 11.9. The minimum absolute atomic E-state index is 0.0508. The Bertz CT molecular complexity index is 1400. The fourth-order valence-electron chi connectivity index (χ4n) is 5.39. The number of aliphatic hydroxyl groups is 1. The molecule has 1 atom stereocenters. The van der Waals surface area contributed by atoms with Crippen LogP contribution >= 0.6 is 0 Å². The molecule has 1 fully saturated rings. The fourth-order valence-corrected chi connectivity index (χ4v) is 5.39. The van der Waals surface area contributed by atoms with Crippen LogP contribution in [0.2, 0.25) is 0 Å². The van der Waals surface area contributed by atoms with Crippen molar-refractivity contribution in [2.24, 2.45) is 5.73 Å². The van der Waals surface area contributed by atoms with Crippen molar-refractivity contribution in [2.75, 3.05) is 26.7 Å². The van der Waals surface area contributed by atoms with Gasteiger partial charge in [0.25, 0.3) is 0 Å². The zero-order valence-electron chi connectivity index (χ0n) is 23.3. The highest BCUT2D eigenvalue weighted by Crippen LogP contribution is 2.35. The SMILES string of the molecule is C=Cc1oc2ccc(C(CN)c3ccc4oc(C=C)c(/C=C\C)c4c3)cc2c1/C=C\C.CN1CCCC1CO. The van der Waals surface area contributed by atoms with E-state index >= 15 is 0 Å². The normalized spacial score (nSPS) is 16.1. The van der Waals surface area contributed by atoms with Crippen molar-refractivity contribution < 1.29 is 13.9 Å². The van der Waals surface area contributed by atoms with Crippen molar-refractivity contribution in [2.45, 2.75) is 38.6 Å². The van der Waals surface area contributed by atoms with E-state index in [0.29, 0.717) is 19.2 Å². The van der Waals surface area contributed by atoms with Crippen LogP contribution in [0, 0.1) is 0 Å². The van der Waals surface area contributed by atoms with Gasteiger partial charge in [0.1, 0.15) is 22.7 Å². The van der Waals surface area contributed by atoms with Crippen molar-refractivity contribution in [3.05, 3.63) is 95.5 Å². The smallest absolute Gasteiger partial charge is 0.135 e. The minimum atomic E-state index is 0.0508. The Morgan fingerprint density at radius 1 is 0.949 bits per heavy atom. The van der Waals surface area contributed by atoms with E-state index in [0.717, 1.165) is 62.3 Å². The summed E-state index contributed by atoms with van der Waals surface area (Å²) in [6.45, 7) is 13.7. The van der Waals surface area contributed by atoms with E-state index < -0.39 is 0 Å². The maximum Gasteiger partial charge on any atom is 0.135 e. The molecule has 3 heterocycles. The Morgan fingerprint density at radius 2 is 1.46 bits per heavy atom. The Balaban J connectivity index is 0.000000379. The summed E-state index contributed by atoms with van der Waals surface area (Å²) in [7, 11) is 2.06. The summed E-state index contributed by atoms with van der Waals surface area (Å²) >= 11 is 0. The molecular weight excluding hydrogens is 484 g/mol. The first-order valence-electron chi connectivity index (χ1n) is 13.6. The summed E-state index contributed by atoms with van der Waals surface area (Å²) in [6.07, 6.45) is 14.1. The number of rotatable bonds is 8. The van der Waals surface area contributed by atoms with E-state index in [1.165, 1.54) is 12.8 Å². The van der Waals surface area contributed by atoms with E-state index in [1.54, 1.807) is 12.2 Å². The number of nitrogens with two attached hydrogens (primary N) is 1. The number of aliphatic hydroxyl groups excluding tert-OH is 1. The molecule has 0 amide bonds. The van der Waals surface area contributed by atoms with E-state index in [-0.39, 0.29) is 5.92 Å². The van der Waals surface area contributed by atoms with E-state index in [4.69, 9.17) is 19.7 Å². The summed E-state index contributed by atoms with van der Waals surface area (Å²) in [5.41, 5.74) is 12.4. The number of benzene rings is 2. The fraction of sp³-hybridized carbons (Fsp3) is 0.294. The van der Waals surface area contributed by atoms with Crippen molar-refractivity contribution in [1.82, 2.24) is 4.90 Å². The molecule has 0 aliphatic carbocycles. The van der Waals surface area contributed by atoms with Crippen LogP contribution in [0.15, 0.2) is 70.5 Å². The summed E-state index contributed by atoms with van der Waals surface area (Å²) in [6, 6.07) is 13.0. The lowest BCUT2D eigenvalue weighted by Gasteiger charge is -2.16. The average molecular weight is 525 g/mol. The Hall–Kier alpha value is -3.64. The molecule has 204 valence electrons. The van der Waals surface area contributed by atoms with Gasteiger partial charge in [0, 0.05) is 40.4 Å². The van der Waals surface area contributed by atoms with Gasteiger partial charge in [-0.2, -0.15) is 0 Å². The molecule has 2 aromatic heterocycles. The quantitative estimate of drug-likeness (QED) is 0.247. The van der Waals surface area contributed by atoms with Gasteiger partial charge in [-0.1, -0.05) is 49.6 Å². The molecule has 0 saturated carbocycles. The largest absolute Gasteiger partial charge is 0.456 e. The van der Waals surface area contributed by atoms with Crippen molar-refractivity contribution in [3.63, 3.8) is 0 Å². The third-order valence-electron chi connectivity index (χ3n) is 7.52. The highest BCUT2D eigenvalue weighted by molar-refractivity contribution is 5.93. The highest BCUT2D eigenvalue weighted by Gasteiger charge is 2.20. The monoisotopic (exact) mass is 524 g/mol. The minimum Gasteiger partial charge on any atom is -0.456 e. The summed E-state index contributed by atoms with van der Waals surface area (Å²) in [5.74, 6) is 1.61. The molecule has 5 nitrogen and oxygen atoms in total. The van der Waals surface area contributed by atoms with Gasteiger partial charge in [0.05, 0.1) is 6.61 Å². The molecule has 1 saturated heterocycles. The Kier molecular flexibility index (Phi) is 9.41. The number of hydrogen-bond donors (Lipinski definition) is 2. The number of hydrogen-bond acceptors (Lipinski definition) is 5. The van der Waals surface area contributed by atoms with Gasteiger partial charge in [-0.25, -0.2) is 0 Å². The van der Waals surface area contributed by atoms with Crippen molar-refractivity contribution in [1.29, 1.82) is 0 Å². The second-order valence-electron chi connectivity index (χ2n) is 9.93. The third-order valence-corrected chi connectivity index (χ3v) is 7.52. The van der Waals surface area contributed by atoms with Crippen molar-refractivity contribution >= 4 is 46.2 Å². The molecule has 2 aromatic carbocycles. The molecule has 4 aromatic rings. The maximum atomic E-state index is 8.69. The molecule has 1 unspecified atom stereocenters. The van der Waals surface area contributed by atoms with Crippen LogP contribution < -0.4 is 5.73 Å². The lowest BCUT2D eigenvalue weighted by Crippen LogP contribution is -2.27. The predicted molar refractivity (Wildman–Crippen MR) is 166 cm³/mol. The molecule has 5 heteroatoms.